The third-order valence-corrected chi connectivity index (χ3v) is 4.18. The van der Waals surface area contributed by atoms with Crippen molar-refractivity contribution in [3.8, 4) is 11.5 Å². The molecule has 0 fully saturated rings. The van der Waals surface area contributed by atoms with Gasteiger partial charge in [-0.25, -0.2) is 4.39 Å². The molecule has 0 atom stereocenters. The van der Waals surface area contributed by atoms with Gasteiger partial charge in [0.1, 0.15) is 5.82 Å². The second kappa shape index (κ2) is 7.18. The van der Waals surface area contributed by atoms with Gasteiger partial charge in [-0.05, 0) is 30.3 Å². The van der Waals surface area contributed by atoms with E-state index in [1.165, 1.54) is 18.2 Å². The summed E-state index contributed by atoms with van der Waals surface area (Å²) in [4.78, 5) is 16.5. The van der Waals surface area contributed by atoms with Crippen molar-refractivity contribution in [3.63, 3.8) is 0 Å². The van der Waals surface area contributed by atoms with E-state index in [4.69, 9.17) is 4.52 Å². The quantitative estimate of drug-likeness (QED) is 0.572. The van der Waals surface area contributed by atoms with Gasteiger partial charge in [0.15, 0.2) is 17.3 Å². The highest BCUT2D eigenvalue weighted by molar-refractivity contribution is 5.94. The third kappa shape index (κ3) is 3.46. The monoisotopic (exact) mass is 380 g/mol. The molecule has 0 saturated heterocycles. The number of amides is 1. The topological polar surface area (TPSA) is 98.2 Å². The first-order chi connectivity index (χ1) is 13.5. The number of rotatable bonds is 5. The normalized spacial score (nSPS) is 11.3. The highest BCUT2D eigenvalue weighted by Crippen LogP contribution is 2.21. The Hall–Kier alpha value is -3.62. The van der Waals surface area contributed by atoms with Crippen molar-refractivity contribution in [3.05, 3.63) is 65.6 Å². The Morgan fingerprint density at radius 1 is 1.25 bits per heavy atom. The van der Waals surface area contributed by atoms with Crippen LogP contribution >= 0.6 is 0 Å². The summed E-state index contributed by atoms with van der Waals surface area (Å²) in [7, 11) is 0. The molecule has 0 spiro atoms. The third-order valence-electron chi connectivity index (χ3n) is 4.18. The molecule has 0 aliphatic rings. The fraction of sp³-hybridized carbons (Fsp3) is 0.211. The molecule has 0 saturated carbocycles. The highest BCUT2D eigenvalue weighted by atomic mass is 19.1. The molecule has 0 unspecified atom stereocenters. The van der Waals surface area contributed by atoms with Gasteiger partial charge in [0.25, 0.3) is 11.8 Å². The molecule has 28 heavy (non-hydrogen) atoms. The summed E-state index contributed by atoms with van der Waals surface area (Å²) < 4.78 is 20.3. The molecule has 0 radical (unpaired) electrons. The predicted molar refractivity (Wildman–Crippen MR) is 97.9 cm³/mol. The molecule has 3 heterocycles. The largest absolute Gasteiger partial charge is 0.345 e. The SMILES string of the molecule is CC(C)c1noc(-c2ccn3c(CNC(=O)c4cccc(F)c4)nnc3c2)n1. The van der Waals surface area contributed by atoms with Crippen molar-refractivity contribution in [2.45, 2.75) is 26.3 Å². The van der Waals surface area contributed by atoms with Crippen LogP contribution in [0.25, 0.3) is 17.1 Å². The van der Waals surface area contributed by atoms with Crippen LogP contribution in [-0.4, -0.2) is 30.6 Å². The van der Waals surface area contributed by atoms with Crippen molar-refractivity contribution >= 4 is 11.6 Å². The van der Waals surface area contributed by atoms with E-state index in [9.17, 15) is 9.18 Å². The zero-order chi connectivity index (χ0) is 19.7. The van der Waals surface area contributed by atoms with Gasteiger partial charge in [-0.1, -0.05) is 25.1 Å². The number of hydrogen-bond donors (Lipinski definition) is 1. The number of hydrogen-bond acceptors (Lipinski definition) is 6. The van der Waals surface area contributed by atoms with Crippen LogP contribution < -0.4 is 5.32 Å². The summed E-state index contributed by atoms with van der Waals surface area (Å²) in [5.74, 6) is 0.907. The summed E-state index contributed by atoms with van der Waals surface area (Å²) in [6.45, 7) is 4.12. The number of nitrogens with zero attached hydrogens (tertiary/aromatic N) is 5. The van der Waals surface area contributed by atoms with Gasteiger partial charge in [0.2, 0.25) is 0 Å². The molecule has 0 bridgehead atoms. The summed E-state index contributed by atoms with van der Waals surface area (Å²) in [5, 5.41) is 14.9. The van der Waals surface area contributed by atoms with Crippen LogP contribution in [-0.2, 0) is 6.54 Å². The number of fused-ring (bicyclic) bond motifs is 1. The summed E-state index contributed by atoms with van der Waals surface area (Å²) in [6, 6.07) is 9.09. The number of pyridine rings is 1. The van der Waals surface area contributed by atoms with Gasteiger partial charge in [-0.2, -0.15) is 4.98 Å². The number of carbonyl (C=O) groups excluding carboxylic acids is 1. The minimum absolute atomic E-state index is 0.147. The Morgan fingerprint density at radius 2 is 2.11 bits per heavy atom. The van der Waals surface area contributed by atoms with Crippen molar-refractivity contribution < 1.29 is 13.7 Å². The molecule has 3 aromatic heterocycles. The van der Waals surface area contributed by atoms with Crippen LogP contribution in [0, 0.1) is 5.82 Å². The van der Waals surface area contributed by atoms with Crippen molar-refractivity contribution in [1.29, 1.82) is 0 Å². The Kier molecular flexibility index (Phi) is 4.56. The van der Waals surface area contributed by atoms with Crippen LogP contribution in [0.4, 0.5) is 4.39 Å². The van der Waals surface area contributed by atoms with Crippen molar-refractivity contribution in [2.24, 2.45) is 0 Å². The fourth-order valence-corrected chi connectivity index (χ4v) is 2.67. The molecule has 0 aliphatic heterocycles. The number of halogens is 1. The molecule has 4 aromatic rings. The molecule has 8 nitrogen and oxygen atoms in total. The lowest BCUT2D eigenvalue weighted by Gasteiger charge is -2.04. The summed E-state index contributed by atoms with van der Waals surface area (Å²) in [6.07, 6.45) is 1.77. The zero-order valence-corrected chi connectivity index (χ0v) is 15.3. The lowest BCUT2D eigenvalue weighted by atomic mass is 10.2. The maximum Gasteiger partial charge on any atom is 0.258 e. The van der Waals surface area contributed by atoms with Crippen molar-refractivity contribution in [2.75, 3.05) is 0 Å². The summed E-state index contributed by atoms with van der Waals surface area (Å²) >= 11 is 0. The molecule has 1 N–H and O–H groups in total. The van der Waals surface area contributed by atoms with Crippen LogP contribution in [0.3, 0.4) is 0 Å². The van der Waals surface area contributed by atoms with Gasteiger partial charge in [0, 0.05) is 23.2 Å². The van der Waals surface area contributed by atoms with E-state index < -0.39 is 5.82 Å². The number of benzene rings is 1. The van der Waals surface area contributed by atoms with E-state index >= 15 is 0 Å². The van der Waals surface area contributed by atoms with Crippen LogP contribution in [0.15, 0.2) is 47.1 Å². The molecule has 4 rings (SSSR count). The lowest BCUT2D eigenvalue weighted by Crippen LogP contribution is -2.24. The molecule has 1 amide bonds. The van der Waals surface area contributed by atoms with E-state index in [1.807, 2.05) is 19.9 Å². The maximum absolute atomic E-state index is 13.2. The minimum Gasteiger partial charge on any atom is -0.345 e. The molecule has 9 heteroatoms. The Labute approximate surface area is 159 Å². The first-order valence-electron chi connectivity index (χ1n) is 8.72. The van der Waals surface area contributed by atoms with Crippen LogP contribution in [0.2, 0.25) is 0 Å². The molecule has 1 aromatic carbocycles. The van der Waals surface area contributed by atoms with Crippen LogP contribution in [0.5, 0.6) is 0 Å². The molecule has 0 aliphatic carbocycles. The van der Waals surface area contributed by atoms with Gasteiger partial charge >= 0.3 is 0 Å². The number of nitrogens with one attached hydrogen (secondary N) is 1. The van der Waals surface area contributed by atoms with Gasteiger partial charge in [0.05, 0.1) is 6.54 Å². The van der Waals surface area contributed by atoms with E-state index in [-0.39, 0.29) is 23.9 Å². The Balaban J connectivity index is 1.52. The second-order valence-corrected chi connectivity index (χ2v) is 6.57. The van der Waals surface area contributed by atoms with E-state index in [1.54, 1.807) is 22.7 Å². The number of carbonyl (C=O) groups is 1. The molecular formula is C19H17FN6O2. The summed E-state index contributed by atoms with van der Waals surface area (Å²) in [5.41, 5.74) is 1.56. The molecule has 142 valence electrons. The van der Waals surface area contributed by atoms with Crippen LogP contribution in [0.1, 0.15) is 41.8 Å². The fourth-order valence-electron chi connectivity index (χ4n) is 2.67. The molecular weight excluding hydrogens is 363 g/mol. The number of aromatic nitrogens is 5. The lowest BCUT2D eigenvalue weighted by molar-refractivity contribution is 0.0949. The average Bonchev–Trinajstić information content (AvgIpc) is 3.33. The minimum atomic E-state index is -0.463. The van der Waals surface area contributed by atoms with Gasteiger partial charge in [-0.15, -0.1) is 10.2 Å². The van der Waals surface area contributed by atoms with E-state index in [0.29, 0.717) is 23.2 Å². The van der Waals surface area contributed by atoms with E-state index in [0.717, 1.165) is 5.56 Å². The average molecular weight is 380 g/mol. The smallest absolute Gasteiger partial charge is 0.258 e. The van der Waals surface area contributed by atoms with Crippen molar-refractivity contribution in [1.82, 2.24) is 30.1 Å². The van der Waals surface area contributed by atoms with E-state index in [2.05, 4.69) is 25.7 Å². The van der Waals surface area contributed by atoms with Gasteiger partial charge < -0.3 is 9.84 Å². The van der Waals surface area contributed by atoms with Gasteiger partial charge in [-0.3, -0.25) is 9.20 Å². The first-order valence-corrected chi connectivity index (χ1v) is 8.72. The first kappa shape index (κ1) is 17.8. The maximum atomic E-state index is 13.2. The second-order valence-electron chi connectivity index (χ2n) is 6.57. The Bertz CT molecular complexity index is 1150. The standard InChI is InChI=1S/C19H17FN6O2/c1-11(2)17-22-19(28-25-17)13-6-7-26-15(9-13)23-24-16(26)10-21-18(27)12-4-3-5-14(20)8-12/h3-9,11H,10H2,1-2H3,(H,21,27). The highest BCUT2D eigenvalue weighted by Gasteiger charge is 2.14. The predicted octanol–water partition coefficient (Wildman–Crippen LogP) is 2.97. The zero-order valence-electron chi connectivity index (χ0n) is 15.3. The Morgan fingerprint density at radius 3 is 2.86 bits per heavy atom.